The summed E-state index contributed by atoms with van der Waals surface area (Å²) in [7, 11) is 1.44. The van der Waals surface area contributed by atoms with Crippen LogP contribution in [0.2, 0.25) is 0 Å². The van der Waals surface area contributed by atoms with Gasteiger partial charge in [0.2, 0.25) is 5.91 Å². The number of nitrogens with one attached hydrogen (secondary N) is 1. The van der Waals surface area contributed by atoms with Crippen LogP contribution in [0.25, 0.3) is 0 Å². The normalized spacial score (nSPS) is 37.0. The van der Waals surface area contributed by atoms with Crippen LogP contribution in [0.4, 0.5) is 0 Å². The first-order valence-corrected chi connectivity index (χ1v) is 7.55. The minimum atomic E-state index is -1.03. The number of amides is 1. The molecule has 0 aromatic heterocycles. The van der Waals surface area contributed by atoms with Crippen molar-refractivity contribution in [2.24, 2.45) is 0 Å². The minimum absolute atomic E-state index is 0.254. The second kappa shape index (κ2) is 6.94. The average Bonchev–Trinajstić information content (AvgIpc) is 2.57. The van der Waals surface area contributed by atoms with Gasteiger partial charge in [-0.1, -0.05) is 30.3 Å². The quantitative estimate of drug-likeness (QED) is 0.834. The van der Waals surface area contributed by atoms with Crippen LogP contribution in [0.5, 0.6) is 0 Å². The summed E-state index contributed by atoms with van der Waals surface area (Å²) in [6.07, 6.45) is -3.39. The Kier molecular flexibility index (Phi) is 4.93. The molecule has 1 amide bonds. The van der Waals surface area contributed by atoms with E-state index in [0.29, 0.717) is 0 Å². The van der Waals surface area contributed by atoms with E-state index in [1.54, 1.807) is 0 Å². The maximum Gasteiger partial charge on any atom is 0.217 e. The van der Waals surface area contributed by atoms with Crippen molar-refractivity contribution < 1.29 is 28.8 Å². The predicted octanol–water partition coefficient (Wildman–Crippen LogP) is 0.337. The fraction of sp³-hybridized carbons (Fsp3) is 0.562. The van der Waals surface area contributed by atoms with Crippen LogP contribution in [-0.2, 0) is 23.7 Å². The summed E-state index contributed by atoms with van der Waals surface area (Å²) >= 11 is 0. The summed E-state index contributed by atoms with van der Waals surface area (Å²) in [6.45, 7) is 1.68. The van der Waals surface area contributed by atoms with Crippen molar-refractivity contribution in [3.63, 3.8) is 0 Å². The molecule has 3 rings (SSSR count). The molecule has 2 aliphatic heterocycles. The number of rotatable bonds is 3. The smallest absolute Gasteiger partial charge is 0.217 e. The highest BCUT2D eigenvalue weighted by Crippen LogP contribution is 2.34. The van der Waals surface area contributed by atoms with Crippen LogP contribution in [0, 0.1) is 0 Å². The Balaban J connectivity index is 1.80. The number of aliphatic hydroxyl groups excluding tert-OH is 1. The number of hydrogen-bond donors (Lipinski definition) is 2. The minimum Gasteiger partial charge on any atom is -0.386 e. The maximum absolute atomic E-state index is 11.5. The number of aliphatic hydroxyl groups is 1. The molecule has 2 aliphatic rings. The number of carbonyl (C=O) groups excluding carboxylic acids is 1. The summed E-state index contributed by atoms with van der Waals surface area (Å²) in [5.41, 5.74) is 0.871. The third kappa shape index (κ3) is 3.39. The molecule has 2 fully saturated rings. The number of carbonyl (C=O) groups is 1. The molecule has 126 valence electrons. The Morgan fingerprint density at radius 3 is 2.70 bits per heavy atom. The Labute approximate surface area is 134 Å². The molecule has 6 unspecified atom stereocenters. The Morgan fingerprint density at radius 2 is 2.04 bits per heavy atom. The molecule has 0 spiro atoms. The molecule has 0 radical (unpaired) electrons. The SMILES string of the molecule is COC1OC2COC(c3ccccc3)OC2C(NC(C)=O)C1O. The van der Waals surface area contributed by atoms with E-state index in [-0.39, 0.29) is 12.5 Å². The van der Waals surface area contributed by atoms with E-state index >= 15 is 0 Å². The lowest BCUT2D eigenvalue weighted by molar-refractivity contribution is -0.340. The average molecular weight is 323 g/mol. The molecule has 7 heteroatoms. The van der Waals surface area contributed by atoms with Crippen molar-refractivity contribution in [3.05, 3.63) is 35.9 Å². The zero-order chi connectivity index (χ0) is 16.4. The van der Waals surface area contributed by atoms with Crippen molar-refractivity contribution in [1.29, 1.82) is 0 Å². The first-order chi connectivity index (χ1) is 11.1. The lowest BCUT2D eigenvalue weighted by Crippen LogP contribution is -2.67. The molecule has 23 heavy (non-hydrogen) atoms. The van der Waals surface area contributed by atoms with Gasteiger partial charge in [0.25, 0.3) is 0 Å². The number of methoxy groups -OCH3 is 1. The third-order valence-electron chi connectivity index (χ3n) is 4.04. The van der Waals surface area contributed by atoms with Crippen LogP contribution < -0.4 is 5.32 Å². The Morgan fingerprint density at radius 1 is 1.30 bits per heavy atom. The van der Waals surface area contributed by atoms with Crippen LogP contribution in [0.15, 0.2) is 30.3 Å². The first-order valence-electron chi connectivity index (χ1n) is 7.55. The largest absolute Gasteiger partial charge is 0.386 e. The van der Waals surface area contributed by atoms with Crippen molar-refractivity contribution in [2.75, 3.05) is 13.7 Å². The highest BCUT2D eigenvalue weighted by Gasteiger charge is 2.49. The molecule has 0 bridgehead atoms. The third-order valence-corrected chi connectivity index (χ3v) is 4.04. The zero-order valence-corrected chi connectivity index (χ0v) is 13.0. The number of benzene rings is 1. The van der Waals surface area contributed by atoms with Gasteiger partial charge in [-0.05, 0) is 0 Å². The number of fused-ring (bicyclic) bond motifs is 1. The van der Waals surface area contributed by atoms with Gasteiger partial charge in [0.05, 0.1) is 12.6 Å². The van der Waals surface area contributed by atoms with Crippen molar-refractivity contribution in [2.45, 2.75) is 43.9 Å². The van der Waals surface area contributed by atoms with E-state index in [1.165, 1.54) is 14.0 Å². The van der Waals surface area contributed by atoms with Gasteiger partial charge in [-0.25, -0.2) is 0 Å². The Bertz CT molecular complexity index is 539. The molecule has 2 heterocycles. The summed E-state index contributed by atoms with van der Waals surface area (Å²) < 4.78 is 22.5. The summed E-state index contributed by atoms with van der Waals surface area (Å²) in [4.78, 5) is 11.5. The Hall–Kier alpha value is -1.51. The fourth-order valence-corrected chi connectivity index (χ4v) is 2.98. The lowest BCUT2D eigenvalue weighted by atomic mass is 9.95. The summed E-state index contributed by atoms with van der Waals surface area (Å²) in [5.74, 6) is -0.254. The van der Waals surface area contributed by atoms with Crippen molar-refractivity contribution in [3.8, 4) is 0 Å². The standard InChI is InChI=1S/C16H21NO6/c1-9(18)17-12-13(19)16(20-2)22-11-8-21-15(23-14(11)12)10-6-4-3-5-7-10/h3-7,11-16,19H,8H2,1-2H3,(H,17,18). The molecular formula is C16H21NO6. The molecule has 2 saturated heterocycles. The summed E-state index contributed by atoms with van der Waals surface area (Å²) in [6, 6.07) is 8.87. The highest BCUT2D eigenvalue weighted by atomic mass is 16.7. The molecule has 7 nitrogen and oxygen atoms in total. The van der Waals surface area contributed by atoms with Crippen LogP contribution in [-0.4, -0.2) is 55.4 Å². The van der Waals surface area contributed by atoms with Gasteiger partial charge in [-0.2, -0.15) is 0 Å². The second-order valence-corrected chi connectivity index (χ2v) is 5.67. The van der Waals surface area contributed by atoms with Gasteiger partial charge in [0.1, 0.15) is 18.3 Å². The van der Waals surface area contributed by atoms with Crippen molar-refractivity contribution >= 4 is 5.91 Å². The molecule has 6 atom stereocenters. The van der Waals surface area contributed by atoms with Gasteiger partial charge in [-0.3, -0.25) is 4.79 Å². The van der Waals surface area contributed by atoms with E-state index in [4.69, 9.17) is 18.9 Å². The van der Waals surface area contributed by atoms with E-state index in [1.807, 2.05) is 30.3 Å². The topological polar surface area (TPSA) is 86.3 Å². The van der Waals surface area contributed by atoms with Crippen LogP contribution in [0.1, 0.15) is 18.8 Å². The van der Waals surface area contributed by atoms with E-state index in [9.17, 15) is 9.90 Å². The number of hydrogen-bond acceptors (Lipinski definition) is 6. The van der Waals surface area contributed by atoms with Gasteiger partial charge in [0.15, 0.2) is 12.6 Å². The zero-order valence-electron chi connectivity index (χ0n) is 13.0. The maximum atomic E-state index is 11.5. The van der Waals surface area contributed by atoms with E-state index < -0.39 is 36.9 Å². The molecule has 0 saturated carbocycles. The predicted molar refractivity (Wildman–Crippen MR) is 79.3 cm³/mol. The van der Waals surface area contributed by atoms with Gasteiger partial charge >= 0.3 is 0 Å². The molecule has 1 aromatic carbocycles. The number of ether oxygens (including phenoxy) is 4. The fourth-order valence-electron chi connectivity index (χ4n) is 2.98. The molecule has 0 aliphatic carbocycles. The monoisotopic (exact) mass is 323 g/mol. The van der Waals surface area contributed by atoms with Crippen LogP contribution in [0.3, 0.4) is 0 Å². The van der Waals surface area contributed by atoms with E-state index in [2.05, 4.69) is 5.32 Å². The van der Waals surface area contributed by atoms with Crippen molar-refractivity contribution in [1.82, 2.24) is 5.32 Å². The van der Waals surface area contributed by atoms with E-state index in [0.717, 1.165) is 5.56 Å². The highest BCUT2D eigenvalue weighted by molar-refractivity contribution is 5.73. The molecule has 2 N–H and O–H groups in total. The summed E-state index contributed by atoms with van der Waals surface area (Å²) in [5, 5.41) is 13.1. The van der Waals surface area contributed by atoms with Crippen LogP contribution >= 0.6 is 0 Å². The first kappa shape index (κ1) is 16.4. The second-order valence-electron chi connectivity index (χ2n) is 5.67. The van der Waals surface area contributed by atoms with Gasteiger partial charge < -0.3 is 29.4 Å². The molecular weight excluding hydrogens is 302 g/mol. The molecule has 1 aromatic rings. The van der Waals surface area contributed by atoms with Gasteiger partial charge in [-0.15, -0.1) is 0 Å². The van der Waals surface area contributed by atoms with Gasteiger partial charge in [0, 0.05) is 19.6 Å². The lowest BCUT2D eigenvalue weighted by Gasteiger charge is -2.47.